The first kappa shape index (κ1) is 12.6. The third-order valence-electron chi connectivity index (χ3n) is 2.90. The molecule has 0 aliphatic carbocycles. The molecule has 0 bridgehead atoms. The topological polar surface area (TPSA) is 21.3 Å². The van der Waals surface area contributed by atoms with Crippen molar-refractivity contribution >= 4 is 11.6 Å². The maximum Gasteiger partial charge on any atom is 0.387 e. The minimum Gasteiger partial charge on any atom is -0.433 e. The summed E-state index contributed by atoms with van der Waals surface area (Å²) in [6, 6.07) is 5.01. The normalized spacial score (nSPS) is 19.9. The largest absolute Gasteiger partial charge is 0.433 e. The SMILES string of the molecule is FC(F)Oc1ccc(CC2CCNC2)cc1Cl. The first-order valence-corrected chi connectivity index (χ1v) is 5.97. The highest BCUT2D eigenvalue weighted by atomic mass is 35.5. The van der Waals surface area contributed by atoms with Gasteiger partial charge >= 0.3 is 6.61 Å². The van der Waals surface area contributed by atoms with Crippen LogP contribution >= 0.6 is 11.6 Å². The zero-order valence-corrected chi connectivity index (χ0v) is 10.0. The average molecular weight is 262 g/mol. The van der Waals surface area contributed by atoms with Crippen LogP contribution in [0.25, 0.3) is 0 Å². The molecule has 1 N–H and O–H groups in total. The van der Waals surface area contributed by atoms with Crippen molar-refractivity contribution in [1.82, 2.24) is 5.32 Å². The molecular weight excluding hydrogens is 248 g/mol. The Morgan fingerprint density at radius 2 is 2.29 bits per heavy atom. The highest BCUT2D eigenvalue weighted by molar-refractivity contribution is 6.32. The van der Waals surface area contributed by atoms with Crippen molar-refractivity contribution in [1.29, 1.82) is 0 Å². The number of benzene rings is 1. The summed E-state index contributed by atoms with van der Waals surface area (Å²) in [4.78, 5) is 0. The molecule has 0 saturated carbocycles. The summed E-state index contributed by atoms with van der Waals surface area (Å²) in [6.45, 7) is -0.782. The van der Waals surface area contributed by atoms with Crippen LogP contribution in [0.15, 0.2) is 18.2 Å². The molecule has 0 amide bonds. The number of rotatable bonds is 4. The van der Waals surface area contributed by atoms with Gasteiger partial charge in [-0.25, -0.2) is 0 Å². The lowest BCUT2D eigenvalue weighted by Crippen LogP contribution is -2.10. The Balaban J connectivity index is 2.02. The van der Waals surface area contributed by atoms with Gasteiger partial charge in [0.25, 0.3) is 0 Å². The van der Waals surface area contributed by atoms with Gasteiger partial charge in [-0.2, -0.15) is 8.78 Å². The number of hydrogen-bond donors (Lipinski definition) is 1. The van der Waals surface area contributed by atoms with Crippen LogP contribution in [0.2, 0.25) is 5.02 Å². The molecule has 1 saturated heterocycles. The van der Waals surface area contributed by atoms with E-state index in [2.05, 4.69) is 10.1 Å². The summed E-state index contributed by atoms with van der Waals surface area (Å²) in [7, 11) is 0. The van der Waals surface area contributed by atoms with Crippen molar-refractivity contribution in [2.45, 2.75) is 19.5 Å². The number of hydrogen-bond acceptors (Lipinski definition) is 2. The van der Waals surface area contributed by atoms with Crippen LogP contribution in [0.5, 0.6) is 5.75 Å². The molecule has 1 aliphatic rings. The van der Waals surface area contributed by atoms with Crippen molar-refractivity contribution in [2.75, 3.05) is 13.1 Å². The van der Waals surface area contributed by atoms with Crippen LogP contribution in [-0.4, -0.2) is 19.7 Å². The Labute approximate surface area is 104 Å². The molecule has 5 heteroatoms. The summed E-state index contributed by atoms with van der Waals surface area (Å²) >= 11 is 5.88. The van der Waals surface area contributed by atoms with Crippen LogP contribution in [0.1, 0.15) is 12.0 Å². The third kappa shape index (κ3) is 3.54. The maximum atomic E-state index is 12.0. The van der Waals surface area contributed by atoms with E-state index in [1.807, 2.05) is 0 Å². The standard InChI is InChI=1S/C12H14ClF2NO/c13-10-6-8(5-9-3-4-16-7-9)1-2-11(10)17-12(14)15/h1-2,6,9,12,16H,3-5,7H2. The van der Waals surface area contributed by atoms with Crippen molar-refractivity contribution in [3.63, 3.8) is 0 Å². The number of ether oxygens (including phenoxy) is 1. The maximum absolute atomic E-state index is 12.0. The molecule has 2 nitrogen and oxygen atoms in total. The average Bonchev–Trinajstić information content (AvgIpc) is 2.74. The van der Waals surface area contributed by atoms with E-state index in [-0.39, 0.29) is 10.8 Å². The number of nitrogens with one attached hydrogen (secondary N) is 1. The molecule has 1 unspecified atom stereocenters. The molecule has 1 atom stereocenters. The number of halogens is 3. The fourth-order valence-electron chi connectivity index (χ4n) is 2.08. The molecule has 2 rings (SSSR count). The quantitative estimate of drug-likeness (QED) is 0.899. The molecule has 1 aromatic carbocycles. The van der Waals surface area contributed by atoms with Crippen LogP contribution < -0.4 is 10.1 Å². The van der Waals surface area contributed by atoms with Crippen LogP contribution in [0, 0.1) is 5.92 Å². The van der Waals surface area contributed by atoms with E-state index in [1.54, 1.807) is 12.1 Å². The van der Waals surface area contributed by atoms with Gasteiger partial charge in [0.05, 0.1) is 5.02 Å². The van der Waals surface area contributed by atoms with Crippen molar-refractivity contribution in [3.8, 4) is 5.75 Å². The van der Waals surface area contributed by atoms with Crippen molar-refractivity contribution in [3.05, 3.63) is 28.8 Å². The van der Waals surface area contributed by atoms with Crippen LogP contribution in [-0.2, 0) is 6.42 Å². The molecule has 0 spiro atoms. The molecule has 0 aromatic heterocycles. The lowest BCUT2D eigenvalue weighted by molar-refractivity contribution is -0.0497. The Kier molecular flexibility index (Phi) is 4.18. The van der Waals surface area contributed by atoms with Gasteiger partial charge in [0.1, 0.15) is 5.75 Å². The lowest BCUT2D eigenvalue weighted by atomic mass is 9.99. The van der Waals surface area contributed by atoms with Gasteiger partial charge in [-0.1, -0.05) is 17.7 Å². The van der Waals surface area contributed by atoms with Crippen LogP contribution in [0.4, 0.5) is 8.78 Å². The Morgan fingerprint density at radius 1 is 1.47 bits per heavy atom. The van der Waals surface area contributed by atoms with E-state index in [0.717, 1.165) is 31.5 Å². The number of alkyl halides is 2. The van der Waals surface area contributed by atoms with E-state index in [0.29, 0.717) is 5.92 Å². The monoisotopic (exact) mass is 261 g/mol. The molecule has 17 heavy (non-hydrogen) atoms. The molecule has 1 aromatic rings. The second-order valence-electron chi connectivity index (χ2n) is 4.21. The Bertz CT molecular complexity index is 381. The van der Waals surface area contributed by atoms with E-state index in [9.17, 15) is 8.78 Å². The highest BCUT2D eigenvalue weighted by Gasteiger charge is 2.16. The summed E-state index contributed by atoms with van der Waals surface area (Å²) in [5.41, 5.74) is 1.06. The van der Waals surface area contributed by atoms with Gasteiger partial charge < -0.3 is 10.1 Å². The van der Waals surface area contributed by atoms with Gasteiger partial charge in [-0.3, -0.25) is 0 Å². The van der Waals surface area contributed by atoms with E-state index in [4.69, 9.17) is 11.6 Å². The molecule has 1 aliphatic heterocycles. The predicted molar refractivity (Wildman–Crippen MR) is 62.8 cm³/mol. The Hall–Kier alpha value is -0.870. The minimum atomic E-state index is -2.84. The van der Waals surface area contributed by atoms with Gasteiger partial charge in [0, 0.05) is 0 Å². The smallest absolute Gasteiger partial charge is 0.387 e. The van der Waals surface area contributed by atoms with Gasteiger partial charge in [-0.05, 0) is 49.5 Å². The van der Waals surface area contributed by atoms with E-state index in [1.165, 1.54) is 6.07 Å². The summed E-state index contributed by atoms with van der Waals surface area (Å²) in [5, 5.41) is 3.53. The fourth-order valence-corrected chi connectivity index (χ4v) is 2.33. The zero-order chi connectivity index (χ0) is 12.3. The summed E-state index contributed by atoms with van der Waals surface area (Å²) in [6.07, 6.45) is 2.06. The highest BCUT2D eigenvalue weighted by Crippen LogP contribution is 2.28. The van der Waals surface area contributed by atoms with Gasteiger partial charge in [0.15, 0.2) is 0 Å². The molecule has 94 valence electrons. The summed E-state index contributed by atoms with van der Waals surface area (Å²) < 4.78 is 28.4. The lowest BCUT2D eigenvalue weighted by Gasteiger charge is -2.11. The first-order valence-electron chi connectivity index (χ1n) is 5.59. The third-order valence-corrected chi connectivity index (χ3v) is 3.19. The Morgan fingerprint density at radius 3 is 2.88 bits per heavy atom. The molecule has 0 radical (unpaired) electrons. The van der Waals surface area contributed by atoms with Gasteiger partial charge in [0.2, 0.25) is 0 Å². The molecular formula is C12H14ClF2NO. The molecule has 1 fully saturated rings. The van der Waals surface area contributed by atoms with E-state index >= 15 is 0 Å². The van der Waals surface area contributed by atoms with Crippen molar-refractivity contribution < 1.29 is 13.5 Å². The fraction of sp³-hybridized carbons (Fsp3) is 0.500. The molecule has 1 heterocycles. The second-order valence-corrected chi connectivity index (χ2v) is 4.61. The van der Waals surface area contributed by atoms with Crippen LogP contribution in [0.3, 0.4) is 0 Å². The first-order chi connectivity index (χ1) is 8.15. The van der Waals surface area contributed by atoms with E-state index < -0.39 is 6.61 Å². The van der Waals surface area contributed by atoms with Gasteiger partial charge in [-0.15, -0.1) is 0 Å². The predicted octanol–water partition coefficient (Wildman–Crippen LogP) is 3.09. The minimum absolute atomic E-state index is 0.0370. The zero-order valence-electron chi connectivity index (χ0n) is 9.26. The van der Waals surface area contributed by atoms with Crippen molar-refractivity contribution in [2.24, 2.45) is 5.92 Å². The summed E-state index contributed by atoms with van der Waals surface area (Å²) in [5.74, 6) is 0.642. The second kappa shape index (κ2) is 5.65.